The third kappa shape index (κ3) is 2.46. The predicted octanol–water partition coefficient (Wildman–Crippen LogP) is 1.92. The highest BCUT2D eigenvalue weighted by molar-refractivity contribution is 5.62. The lowest BCUT2D eigenvalue weighted by Gasteiger charge is -2.38. The van der Waals surface area contributed by atoms with Crippen molar-refractivity contribution in [3.05, 3.63) is 23.0 Å². The van der Waals surface area contributed by atoms with Crippen LogP contribution in [0.25, 0.3) is 0 Å². The Kier molecular flexibility index (Phi) is 3.27. The summed E-state index contributed by atoms with van der Waals surface area (Å²) in [6, 6.07) is 4.17. The molecule has 0 amide bonds. The molecule has 2 heterocycles. The van der Waals surface area contributed by atoms with Gasteiger partial charge in [-0.1, -0.05) is 0 Å². The number of pyridine rings is 1. The van der Waals surface area contributed by atoms with Gasteiger partial charge >= 0.3 is 0 Å². The molecule has 2 rings (SSSR count). The van der Waals surface area contributed by atoms with Gasteiger partial charge < -0.3 is 10.0 Å². The second-order valence-electron chi connectivity index (χ2n) is 5.38. The maximum atomic E-state index is 10.2. The lowest BCUT2D eigenvalue weighted by molar-refractivity contribution is 0.0449. The first-order valence-corrected chi connectivity index (χ1v) is 6.28. The smallest absolute Gasteiger partial charge is 0.103 e. The Hall–Kier alpha value is -1.60. The van der Waals surface area contributed by atoms with E-state index in [0.717, 1.165) is 36.5 Å². The highest BCUT2D eigenvalue weighted by Crippen LogP contribution is 2.29. The third-order valence-electron chi connectivity index (χ3n) is 3.43. The largest absolute Gasteiger partial charge is 0.388 e. The molecule has 1 aliphatic rings. The van der Waals surface area contributed by atoms with Crippen LogP contribution in [0.4, 0.5) is 5.69 Å². The first-order valence-electron chi connectivity index (χ1n) is 6.28. The van der Waals surface area contributed by atoms with Gasteiger partial charge in [-0.2, -0.15) is 5.26 Å². The molecule has 18 heavy (non-hydrogen) atoms. The fraction of sp³-hybridized carbons (Fsp3) is 0.571. The normalized spacial score (nSPS) is 23.8. The fourth-order valence-electron chi connectivity index (χ4n) is 2.62. The summed E-state index contributed by atoms with van der Waals surface area (Å²) in [5.41, 5.74) is 2.53. The van der Waals surface area contributed by atoms with Crippen molar-refractivity contribution in [1.82, 2.24) is 4.98 Å². The monoisotopic (exact) mass is 245 g/mol. The quantitative estimate of drug-likeness (QED) is 0.821. The van der Waals surface area contributed by atoms with E-state index in [2.05, 4.69) is 16.0 Å². The van der Waals surface area contributed by atoms with E-state index in [-0.39, 0.29) is 0 Å². The Morgan fingerprint density at radius 1 is 1.50 bits per heavy atom. The van der Waals surface area contributed by atoms with Gasteiger partial charge in [0.2, 0.25) is 0 Å². The van der Waals surface area contributed by atoms with Crippen LogP contribution in [0.15, 0.2) is 6.07 Å². The molecule has 0 aliphatic carbocycles. The molecule has 1 aromatic rings. The molecule has 0 saturated carbocycles. The number of β-amino-alcohol motifs (C(OH)–C–C–N with tert-alkyl or cyclic N) is 1. The summed E-state index contributed by atoms with van der Waals surface area (Å²) in [6.07, 6.45) is 1.76. The Balaban J connectivity index is 2.42. The van der Waals surface area contributed by atoms with Crippen molar-refractivity contribution in [3.63, 3.8) is 0 Å². The number of piperidine rings is 1. The first kappa shape index (κ1) is 12.8. The zero-order valence-electron chi connectivity index (χ0n) is 11.2. The van der Waals surface area contributed by atoms with Crippen LogP contribution in [0.3, 0.4) is 0 Å². The Bertz CT molecular complexity index is 502. The van der Waals surface area contributed by atoms with E-state index in [1.807, 2.05) is 26.8 Å². The van der Waals surface area contributed by atoms with Crippen LogP contribution in [0.1, 0.15) is 36.7 Å². The first-order chi connectivity index (χ1) is 8.43. The number of nitrogens with zero attached hydrogens (tertiary/aromatic N) is 3. The molecule has 96 valence electrons. The van der Waals surface area contributed by atoms with Gasteiger partial charge in [-0.05, 0) is 39.7 Å². The van der Waals surface area contributed by atoms with Crippen LogP contribution < -0.4 is 4.90 Å². The minimum Gasteiger partial charge on any atom is -0.388 e. The van der Waals surface area contributed by atoms with Crippen molar-refractivity contribution >= 4 is 5.69 Å². The van der Waals surface area contributed by atoms with Gasteiger partial charge in [0.1, 0.15) is 6.07 Å². The maximum absolute atomic E-state index is 10.2. The van der Waals surface area contributed by atoms with E-state index in [9.17, 15) is 10.4 Å². The van der Waals surface area contributed by atoms with Gasteiger partial charge in [0.15, 0.2) is 0 Å². The van der Waals surface area contributed by atoms with Crippen molar-refractivity contribution < 1.29 is 5.11 Å². The van der Waals surface area contributed by atoms with Gasteiger partial charge in [0, 0.05) is 18.8 Å². The topological polar surface area (TPSA) is 60.1 Å². The summed E-state index contributed by atoms with van der Waals surface area (Å²) in [7, 11) is 0. The molecular weight excluding hydrogens is 226 g/mol. The summed E-state index contributed by atoms with van der Waals surface area (Å²) in [5, 5.41) is 19.4. The molecule has 1 N–H and O–H groups in total. The summed E-state index contributed by atoms with van der Waals surface area (Å²) in [5.74, 6) is 0. The molecule has 1 unspecified atom stereocenters. The van der Waals surface area contributed by atoms with Crippen molar-refractivity contribution in [2.24, 2.45) is 0 Å². The molecule has 0 bridgehead atoms. The van der Waals surface area contributed by atoms with Crippen LogP contribution in [0.5, 0.6) is 0 Å². The number of nitriles is 1. The summed E-state index contributed by atoms with van der Waals surface area (Å²) < 4.78 is 0. The number of rotatable bonds is 1. The predicted molar refractivity (Wildman–Crippen MR) is 70.5 cm³/mol. The minimum atomic E-state index is -0.671. The standard InChI is InChI=1S/C14H19N3O/c1-10-7-13(12(8-15)11(2)16-10)17-6-4-5-14(3,18)9-17/h7,18H,4-6,9H2,1-3H3. The minimum absolute atomic E-state index is 0.574. The van der Waals surface area contributed by atoms with Crippen molar-refractivity contribution in [3.8, 4) is 6.07 Å². The van der Waals surface area contributed by atoms with E-state index in [0.29, 0.717) is 12.1 Å². The number of aromatic nitrogens is 1. The fourth-order valence-corrected chi connectivity index (χ4v) is 2.62. The molecule has 0 aromatic carbocycles. The van der Waals surface area contributed by atoms with Crippen molar-refractivity contribution in [1.29, 1.82) is 5.26 Å². The second-order valence-corrected chi connectivity index (χ2v) is 5.38. The number of anilines is 1. The molecule has 4 nitrogen and oxygen atoms in total. The van der Waals surface area contributed by atoms with Crippen LogP contribution in [-0.4, -0.2) is 28.8 Å². The number of hydrogen-bond acceptors (Lipinski definition) is 4. The van der Waals surface area contributed by atoms with Crippen molar-refractivity contribution in [2.75, 3.05) is 18.0 Å². The molecule has 0 radical (unpaired) electrons. The molecule has 1 fully saturated rings. The number of aryl methyl sites for hydroxylation is 2. The van der Waals surface area contributed by atoms with Crippen LogP contribution in [0.2, 0.25) is 0 Å². The van der Waals surface area contributed by atoms with Gasteiger partial charge in [0.25, 0.3) is 0 Å². The molecule has 1 saturated heterocycles. The molecule has 4 heteroatoms. The zero-order valence-corrected chi connectivity index (χ0v) is 11.2. The summed E-state index contributed by atoms with van der Waals surface area (Å²) in [4.78, 5) is 6.43. The lowest BCUT2D eigenvalue weighted by Crippen LogP contribution is -2.46. The Morgan fingerprint density at radius 2 is 2.22 bits per heavy atom. The zero-order chi connectivity index (χ0) is 13.3. The maximum Gasteiger partial charge on any atom is 0.103 e. The van der Waals surface area contributed by atoms with E-state index in [1.165, 1.54) is 0 Å². The van der Waals surface area contributed by atoms with E-state index >= 15 is 0 Å². The highest BCUT2D eigenvalue weighted by Gasteiger charge is 2.29. The summed E-state index contributed by atoms with van der Waals surface area (Å²) in [6.45, 7) is 7.10. The molecule has 1 aromatic heterocycles. The highest BCUT2D eigenvalue weighted by atomic mass is 16.3. The van der Waals surface area contributed by atoms with Gasteiger partial charge in [0.05, 0.1) is 22.5 Å². The lowest BCUT2D eigenvalue weighted by atomic mass is 9.94. The van der Waals surface area contributed by atoms with Gasteiger partial charge in [-0.15, -0.1) is 0 Å². The van der Waals surface area contributed by atoms with Crippen LogP contribution in [0, 0.1) is 25.2 Å². The van der Waals surface area contributed by atoms with E-state index in [1.54, 1.807) is 0 Å². The average Bonchev–Trinajstić information content (AvgIpc) is 2.26. The van der Waals surface area contributed by atoms with Crippen LogP contribution >= 0.6 is 0 Å². The summed E-state index contributed by atoms with van der Waals surface area (Å²) >= 11 is 0. The third-order valence-corrected chi connectivity index (χ3v) is 3.43. The van der Waals surface area contributed by atoms with E-state index in [4.69, 9.17) is 0 Å². The molecular formula is C14H19N3O. The second kappa shape index (κ2) is 4.58. The van der Waals surface area contributed by atoms with Gasteiger partial charge in [-0.25, -0.2) is 0 Å². The Morgan fingerprint density at radius 3 is 2.83 bits per heavy atom. The molecule has 1 aliphatic heterocycles. The van der Waals surface area contributed by atoms with Gasteiger partial charge in [-0.3, -0.25) is 4.98 Å². The number of hydrogen-bond donors (Lipinski definition) is 1. The van der Waals surface area contributed by atoms with Crippen LogP contribution in [-0.2, 0) is 0 Å². The Labute approximate surface area is 108 Å². The molecule has 1 atom stereocenters. The average molecular weight is 245 g/mol. The SMILES string of the molecule is Cc1cc(N2CCCC(C)(O)C2)c(C#N)c(C)n1. The number of aliphatic hydroxyl groups is 1. The van der Waals surface area contributed by atoms with E-state index < -0.39 is 5.60 Å². The van der Waals surface area contributed by atoms with Crippen molar-refractivity contribution in [2.45, 2.75) is 39.2 Å². The molecule has 0 spiro atoms.